The van der Waals surface area contributed by atoms with Gasteiger partial charge in [-0.15, -0.1) is 0 Å². The lowest BCUT2D eigenvalue weighted by atomic mass is 10.1. The highest BCUT2D eigenvalue weighted by molar-refractivity contribution is 7.99. The van der Waals surface area contributed by atoms with Crippen molar-refractivity contribution in [3.05, 3.63) is 57.9 Å². The largest absolute Gasteiger partial charge is 0.353 e. The van der Waals surface area contributed by atoms with Gasteiger partial charge in [-0.05, 0) is 43.7 Å². The molecule has 1 aromatic heterocycles. The summed E-state index contributed by atoms with van der Waals surface area (Å²) in [6.45, 7) is 4.12. The Bertz CT molecular complexity index is 943. The van der Waals surface area contributed by atoms with Gasteiger partial charge in [-0.2, -0.15) is 0 Å². The second kappa shape index (κ2) is 4.40. The maximum atomic E-state index is 12.3. The Morgan fingerprint density at radius 3 is 2.62 bits per heavy atom. The highest BCUT2D eigenvalue weighted by Crippen LogP contribution is 2.45. The molecule has 2 N–H and O–H groups in total. The Morgan fingerprint density at radius 1 is 1.00 bits per heavy atom. The van der Waals surface area contributed by atoms with E-state index in [4.69, 9.17) is 0 Å². The predicted molar refractivity (Wildman–Crippen MR) is 87.9 cm³/mol. The molecule has 104 valence electrons. The van der Waals surface area contributed by atoms with Crippen LogP contribution >= 0.6 is 11.8 Å². The first-order valence-corrected chi connectivity index (χ1v) is 7.65. The van der Waals surface area contributed by atoms with Gasteiger partial charge in [0.2, 0.25) is 0 Å². The van der Waals surface area contributed by atoms with E-state index >= 15 is 0 Å². The molecule has 21 heavy (non-hydrogen) atoms. The summed E-state index contributed by atoms with van der Waals surface area (Å²) >= 11 is 1.54. The molecule has 3 aromatic rings. The van der Waals surface area contributed by atoms with Crippen LogP contribution in [-0.4, -0.2) is 4.98 Å². The number of hydrogen-bond acceptors (Lipinski definition) is 3. The number of anilines is 2. The zero-order valence-corrected chi connectivity index (χ0v) is 12.6. The lowest BCUT2D eigenvalue weighted by molar-refractivity contribution is 1.17. The molecule has 0 saturated heterocycles. The molecule has 3 nitrogen and oxygen atoms in total. The van der Waals surface area contributed by atoms with Crippen molar-refractivity contribution in [2.24, 2.45) is 0 Å². The van der Waals surface area contributed by atoms with E-state index in [1.807, 2.05) is 12.1 Å². The van der Waals surface area contributed by atoms with E-state index in [1.54, 1.807) is 0 Å². The van der Waals surface area contributed by atoms with Crippen LogP contribution in [0.2, 0.25) is 0 Å². The zero-order valence-electron chi connectivity index (χ0n) is 11.8. The van der Waals surface area contributed by atoms with Gasteiger partial charge in [-0.3, -0.25) is 4.79 Å². The maximum Gasteiger partial charge on any atom is 0.264 e. The Morgan fingerprint density at radius 2 is 1.76 bits per heavy atom. The van der Waals surface area contributed by atoms with Crippen LogP contribution in [-0.2, 0) is 0 Å². The van der Waals surface area contributed by atoms with Gasteiger partial charge in [0.25, 0.3) is 5.56 Å². The zero-order chi connectivity index (χ0) is 14.6. The van der Waals surface area contributed by atoms with Crippen LogP contribution in [0.3, 0.4) is 0 Å². The van der Waals surface area contributed by atoms with Crippen LogP contribution in [0.25, 0.3) is 10.9 Å². The van der Waals surface area contributed by atoms with E-state index in [0.717, 1.165) is 32.1 Å². The standard InChI is InChI=1S/C17H14N2OS/c1-9-3-5-12-11(7-9)15-16(17(20)19-12)21-14-8-10(2)4-6-13(14)18-15/h3-8,18H,1-2H3,(H,19,20). The summed E-state index contributed by atoms with van der Waals surface area (Å²) in [5.74, 6) is 0. The number of hydrogen-bond donors (Lipinski definition) is 2. The van der Waals surface area contributed by atoms with Crippen molar-refractivity contribution in [2.75, 3.05) is 5.32 Å². The number of aryl methyl sites for hydroxylation is 2. The van der Waals surface area contributed by atoms with Crippen LogP contribution in [0.5, 0.6) is 0 Å². The summed E-state index contributed by atoms with van der Waals surface area (Å²) < 4.78 is 0. The Hall–Kier alpha value is -2.20. The molecule has 0 unspecified atom stereocenters. The van der Waals surface area contributed by atoms with Crippen molar-refractivity contribution in [2.45, 2.75) is 23.6 Å². The minimum absolute atomic E-state index is 0.0361. The highest BCUT2D eigenvalue weighted by atomic mass is 32.2. The van der Waals surface area contributed by atoms with Gasteiger partial charge in [0.05, 0.1) is 16.9 Å². The molecule has 0 amide bonds. The van der Waals surface area contributed by atoms with Gasteiger partial charge in [0.1, 0.15) is 4.90 Å². The van der Waals surface area contributed by atoms with Crippen LogP contribution in [0.1, 0.15) is 11.1 Å². The molecule has 2 heterocycles. The second-order valence-electron chi connectivity index (χ2n) is 5.43. The third-order valence-electron chi connectivity index (χ3n) is 3.73. The third-order valence-corrected chi connectivity index (χ3v) is 4.89. The quantitative estimate of drug-likeness (QED) is 0.506. The van der Waals surface area contributed by atoms with Gasteiger partial charge in [0.15, 0.2) is 0 Å². The number of aromatic nitrogens is 1. The molecule has 2 aromatic carbocycles. The minimum Gasteiger partial charge on any atom is -0.353 e. The summed E-state index contributed by atoms with van der Waals surface area (Å²) in [6.07, 6.45) is 0. The Labute approximate surface area is 126 Å². The lowest BCUT2D eigenvalue weighted by Gasteiger charge is -2.22. The molecule has 0 radical (unpaired) electrons. The Balaban J connectivity index is 2.02. The lowest BCUT2D eigenvalue weighted by Crippen LogP contribution is -2.14. The maximum absolute atomic E-state index is 12.3. The van der Waals surface area contributed by atoms with E-state index in [1.165, 1.54) is 22.9 Å². The summed E-state index contributed by atoms with van der Waals surface area (Å²) in [6, 6.07) is 12.3. The molecule has 4 heteroatoms. The van der Waals surface area contributed by atoms with Gasteiger partial charge < -0.3 is 10.3 Å². The normalized spacial score (nSPS) is 12.7. The minimum atomic E-state index is -0.0361. The van der Waals surface area contributed by atoms with E-state index in [0.29, 0.717) is 0 Å². The van der Waals surface area contributed by atoms with Gasteiger partial charge in [-0.25, -0.2) is 0 Å². The van der Waals surface area contributed by atoms with E-state index in [2.05, 4.69) is 48.4 Å². The van der Waals surface area contributed by atoms with Crippen molar-refractivity contribution in [3.8, 4) is 0 Å². The number of aromatic amines is 1. The van der Waals surface area contributed by atoms with E-state index in [-0.39, 0.29) is 5.56 Å². The van der Waals surface area contributed by atoms with Crippen molar-refractivity contribution in [1.29, 1.82) is 0 Å². The van der Waals surface area contributed by atoms with Gasteiger partial charge >= 0.3 is 0 Å². The first-order valence-electron chi connectivity index (χ1n) is 6.84. The smallest absolute Gasteiger partial charge is 0.264 e. The molecule has 0 fully saturated rings. The number of pyridine rings is 1. The predicted octanol–water partition coefficient (Wildman–Crippen LogP) is 4.35. The van der Waals surface area contributed by atoms with Crippen molar-refractivity contribution in [1.82, 2.24) is 4.98 Å². The number of benzene rings is 2. The molecule has 0 atom stereocenters. The molecule has 0 bridgehead atoms. The second-order valence-corrected chi connectivity index (χ2v) is 6.49. The average molecular weight is 294 g/mol. The average Bonchev–Trinajstić information content (AvgIpc) is 2.47. The molecule has 4 rings (SSSR count). The molecule has 1 aliphatic rings. The van der Waals surface area contributed by atoms with E-state index < -0.39 is 0 Å². The molecule has 1 aliphatic heterocycles. The summed E-state index contributed by atoms with van der Waals surface area (Å²) in [5.41, 5.74) is 5.18. The number of rotatable bonds is 0. The number of H-pyrrole nitrogens is 1. The summed E-state index contributed by atoms with van der Waals surface area (Å²) in [5, 5.41) is 4.50. The van der Waals surface area contributed by atoms with Crippen LogP contribution in [0.15, 0.2) is 51.0 Å². The van der Waals surface area contributed by atoms with Crippen LogP contribution < -0.4 is 10.9 Å². The van der Waals surface area contributed by atoms with Crippen molar-refractivity contribution >= 4 is 34.0 Å². The molecular weight excluding hydrogens is 280 g/mol. The fraction of sp³-hybridized carbons (Fsp3) is 0.118. The number of nitrogens with one attached hydrogen (secondary N) is 2. The van der Waals surface area contributed by atoms with Crippen molar-refractivity contribution < 1.29 is 0 Å². The Kier molecular flexibility index (Phi) is 2.62. The fourth-order valence-corrected chi connectivity index (χ4v) is 3.77. The fourth-order valence-electron chi connectivity index (χ4n) is 2.67. The van der Waals surface area contributed by atoms with Gasteiger partial charge in [-0.1, -0.05) is 29.5 Å². The van der Waals surface area contributed by atoms with Crippen molar-refractivity contribution in [3.63, 3.8) is 0 Å². The molecule has 0 spiro atoms. The summed E-state index contributed by atoms with van der Waals surface area (Å²) in [4.78, 5) is 17.2. The first kappa shape index (κ1) is 12.5. The monoisotopic (exact) mass is 294 g/mol. The highest BCUT2D eigenvalue weighted by Gasteiger charge is 2.21. The van der Waals surface area contributed by atoms with E-state index in [9.17, 15) is 4.79 Å². The topological polar surface area (TPSA) is 44.9 Å². The SMILES string of the molecule is Cc1ccc2c(c1)Sc1c(c3cc(C)ccc3[nH]c1=O)N2. The number of fused-ring (bicyclic) bond motifs is 4. The molecular formula is C17H14N2OS. The van der Waals surface area contributed by atoms with Crippen LogP contribution in [0.4, 0.5) is 11.4 Å². The first-order chi connectivity index (χ1) is 10.1. The third kappa shape index (κ3) is 1.94. The van der Waals surface area contributed by atoms with Crippen LogP contribution in [0, 0.1) is 13.8 Å². The van der Waals surface area contributed by atoms with Gasteiger partial charge in [0, 0.05) is 10.3 Å². The molecule has 0 aliphatic carbocycles. The summed E-state index contributed by atoms with van der Waals surface area (Å²) in [7, 11) is 0. The molecule has 0 saturated carbocycles.